The van der Waals surface area contributed by atoms with Crippen molar-refractivity contribution in [3.63, 3.8) is 0 Å². The minimum Gasteiger partial charge on any atom is -0.196 e. The van der Waals surface area contributed by atoms with E-state index in [0.29, 0.717) is 0 Å². The summed E-state index contributed by atoms with van der Waals surface area (Å²) in [5, 5.41) is 0. The molecule has 1 aromatic carbocycles. The smallest absolute Gasteiger partial charge is 0.196 e. The average Bonchev–Trinajstić information content (AvgIpc) is 2.17. The number of aryl methyl sites for hydroxylation is 1. The molecule has 0 aliphatic rings. The van der Waals surface area contributed by atoms with Crippen LogP contribution in [0.15, 0.2) is 30.3 Å². The zero-order chi connectivity index (χ0) is 12.2. The molecule has 0 saturated carbocycles. The van der Waals surface area contributed by atoms with Gasteiger partial charge in [0.05, 0.1) is 0 Å². The van der Waals surface area contributed by atoms with Crippen LogP contribution in [0, 0.1) is 0 Å². The second kappa shape index (κ2) is 4.80. The van der Waals surface area contributed by atoms with Crippen molar-refractivity contribution >= 4 is 0 Å². The van der Waals surface area contributed by atoms with E-state index in [1.807, 2.05) is 0 Å². The van der Waals surface area contributed by atoms with E-state index in [9.17, 15) is 22.0 Å². The second-order valence-corrected chi connectivity index (χ2v) is 3.54. The summed E-state index contributed by atoms with van der Waals surface area (Å²) in [6.45, 7) is 0. The number of benzene rings is 1. The molecule has 0 amide bonds. The number of hydrogen-bond donors (Lipinski definition) is 0. The zero-order valence-corrected chi connectivity index (χ0v) is 8.40. The summed E-state index contributed by atoms with van der Waals surface area (Å²) in [5.41, 5.74) is 0.764. The van der Waals surface area contributed by atoms with Crippen LogP contribution >= 0.6 is 0 Å². The molecule has 0 spiro atoms. The molecule has 5 heteroatoms. The lowest BCUT2D eigenvalue weighted by molar-refractivity contribution is -0.284. The Balaban J connectivity index is 2.42. The van der Waals surface area contributed by atoms with Crippen molar-refractivity contribution in [2.24, 2.45) is 0 Å². The van der Waals surface area contributed by atoms with Crippen LogP contribution in [-0.4, -0.2) is 12.1 Å². The van der Waals surface area contributed by atoms with Gasteiger partial charge in [-0.05, 0) is 18.4 Å². The molecule has 0 saturated heterocycles. The van der Waals surface area contributed by atoms with Crippen LogP contribution in [0.25, 0.3) is 0 Å². The van der Waals surface area contributed by atoms with E-state index in [4.69, 9.17) is 0 Å². The maximum absolute atomic E-state index is 12.5. The molecule has 0 fully saturated rings. The first kappa shape index (κ1) is 12.9. The first-order chi connectivity index (χ1) is 7.33. The first-order valence-electron chi connectivity index (χ1n) is 4.81. The van der Waals surface area contributed by atoms with Crippen molar-refractivity contribution in [2.45, 2.75) is 31.4 Å². The highest BCUT2D eigenvalue weighted by molar-refractivity contribution is 5.14. The Morgan fingerprint density at radius 2 is 1.44 bits per heavy atom. The van der Waals surface area contributed by atoms with E-state index in [0.717, 1.165) is 5.56 Å². The lowest BCUT2D eigenvalue weighted by Crippen LogP contribution is -2.36. The predicted octanol–water partition coefficient (Wildman–Crippen LogP) is 4.21. The molecule has 0 bridgehead atoms. The Bertz CT molecular complexity index is 315. The highest BCUT2D eigenvalue weighted by Gasteiger charge is 2.56. The van der Waals surface area contributed by atoms with Crippen molar-refractivity contribution in [3.8, 4) is 0 Å². The average molecular weight is 238 g/mol. The maximum atomic E-state index is 12.5. The minimum atomic E-state index is -5.44. The number of hydrogen-bond acceptors (Lipinski definition) is 0. The molecule has 0 radical (unpaired) electrons. The van der Waals surface area contributed by atoms with Crippen LogP contribution < -0.4 is 0 Å². The fourth-order valence-corrected chi connectivity index (χ4v) is 1.30. The Kier molecular flexibility index (Phi) is 3.88. The molecule has 0 unspecified atom stereocenters. The summed E-state index contributed by atoms with van der Waals surface area (Å²) < 4.78 is 60.4. The molecule has 0 aliphatic heterocycles. The summed E-state index contributed by atoms with van der Waals surface area (Å²) >= 11 is 0. The molecule has 1 rings (SSSR count). The van der Waals surface area contributed by atoms with E-state index < -0.39 is 18.5 Å². The normalized spacial score (nSPS) is 12.8. The topological polar surface area (TPSA) is 0 Å². The van der Waals surface area contributed by atoms with Crippen LogP contribution in [0.5, 0.6) is 0 Å². The molecule has 0 heterocycles. The molecule has 0 aromatic heterocycles. The van der Waals surface area contributed by atoms with E-state index in [-0.39, 0.29) is 12.8 Å². The summed E-state index contributed by atoms with van der Waals surface area (Å²) in [5.74, 6) is -4.58. The summed E-state index contributed by atoms with van der Waals surface area (Å²) in [7, 11) is 0. The molecule has 0 aliphatic carbocycles. The van der Waals surface area contributed by atoms with E-state index in [1.54, 1.807) is 30.3 Å². The van der Waals surface area contributed by atoms with Gasteiger partial charge in [-0.3, -0.25) is 0 Å². The Labute approximate surface area is 90.1 Å². The van der Waals surface area contributed by atoms with Gasteiger partial charge in [0.2, 0.25) is 0 Å². The summed E-state index contributed by atoms with van der Waals surface area (Å²) in [4.78, 5) is 0. The van der Waals surface area contributed by atoms with Gasteiger partial charge in [0.15, 0.2) is 0 Å². The van der Waals surface area contributed by atoms with Crippen LogP contribution in [0.2, 0.25) is 0 Å². The van der Waals surface area contributed by atoms with Gasteiger partial charge >= 0.3 is 12.1 Å². The molecule has 90 valence electrons. The molecular formula is C11H11F5. The van der Waals surface area contributed by atoms with Crippen molar-refractivity contribution < 1.29 is 22.0 Å². The molecule has 0 atom stereocenters. The Hall–Kier alpha value is -1.13. The predicted molar refractivity (Wildman–Crippen MR) is 50.4 cm³/mol. The third kappa shape index (κ3) is 3.47. The van der Waals surface area contributed by atoms with Gasteiger partial charge in [-0.1, -0.05) is 30.3 Å². The lowest BCUT2D eigenvalue weighted by atomic mass is 10.1. The molecular weight excluding hydrogens is 227 g/mol. The monoisotopic (exact) mass is 238 g/mol. The fourth-order valence-electron chi connectivity index (χ4n) is 1.30. The van der Waals surface area contributed by atoms with E-state index in [1.165, 1.54) is 0 Å². The summed E-state index contributed by atoms with van der Waals surface area (Å²) in [6, 6.07) is 8.60. The molecule has 16 heavy (non-hydrogen) atoms. The maximum Gasteiger partial charge on any atom is 0.453 e. The standard InChI is InChI=1S/C11H11F5/c12-10(13,11(14,15)16)8-4-7-9-5-2-1-3-6-9/h1-3,5-6H,4,7-8H2. The quantitative estimate of drug-likeness (QED) is 0.689. The van der Waals surface area contributed by atoms with Gasteiger partial charge in [-0.15, -0.1) is 0 Å². The first-order valence-corrected chi connectivity index (χ1v) is 4.81. The Morgan fingerprint density at radius 1 is 0.875 bits per heavy atom. The van der Waals surface area contributed by atoms with Crippen molar-refractivity contribution in [3.05, 3.63) is 35.9 Å². The molecule has 0 nitrogen and oxygen atoms in total. The van der Waals surface area contributed by atoms with Crippen LogP contribution in [0.4, 0.5) is 22.0 Å². The number of rotatable bonds is 4. The highest BCUT2D eigenvalue weighted by Crippen LogP contribution is 2.38. The third-order valence-corrected chi connectivity index (χ3v) is 2.21. The molecule has 1 aromatic rings. The van der Waals surface area contributed by atoms with Crippen LogP contribution in [-0.2, 0) is 6.42 Å². The minimum absolute atomic E-state index is 0.184. The van der Waals surface area contributed by atoms with Crippen molar-refractivity contribution in [1.82, 2.24) is 0 Å². The van der Waals surface area contributed by atoms with Crippen LogP contribution in [0.3, 0.4) is 0 Å². The van der Waals surface area contributed by atoms with Gasteiger partial charge < -0.3 is 0 Å². The van der Waals surface area contributed by atoms with Gasteiger partial charge in [0, 0.05) is 6.42 Å². The fraction of sp³-hybridized carbons (Fsp3) is 0.455. The number of alkyl halides is 5. The number of halogens is 5. The summed E-state index contributed by atoms with van der Waals surface area (Å²) in [6.07, 6.45) is -6.56. The largest absolute Gasteiger partial charge is 0.453 e. The van der Waals surface area contributed by atoms with Crippen LogP contribution in [0.1, 0.15) is 18.4 Å². The highest BCUT2D eigenvalue weighted by atomic mass is 19.4. The van der Waals surface area contributed by atoms with Gasteiger partial charge in [0.1, 0.15) is 0 Å². The third-order valence-electron chi connectivity index (χ3n) is 2.21. The zero-order valence-electron chi connectivity index (χ0n) is 8.40. The second-order valence-electron chi connectivity index (χ2n) is 3.54. The van der Waals surface area contributed by atoms with Gasteiger partial charge in [-0.2, -0.15) is 22.0 Å². The SMILES string of the molecule is FC(F)(F)C(F)(F)CCCc1ccccc1. The van der Waals surface area contributed by atoms with Crippen molar-refractivity contribution in [1.29, 1.82) is 0 Å². The Morgan fingerprint density at radius 3 is 1.94 bits per heavy atom. The molecule has 0 N–H and O–H groups in total. The van der Waals surface area contributed by atoms with Gasteiger partial charge in [0.25, 0.3) is 0 Å². The van der Waals surface area contributed by atoms with E-state index >= 15 is 0 Å². The lowest BCUT2D eigenvalue weighted by Gasteiger charge is -2.19. The van der Waals surface area contributed by atoms with E-state index in [2.05, 4.69) is 0 Å². The van der Waals surface area contributed by atoms with Gasteiger partial charge in [-0.25, -0.2) is 0 Å². The van der Waals surface area contributed by atoms with Crippen molar-refractivity contribution in [2.75, 3.05) is 0 Å².